The van der Waals surface area contributed by atoms with E-state index in [-0.39, 0.29) is 0 Å². The second-order valence-corrected chi connectivity index (χ2v) is 4.88. The standard InChI is InChI=1S/C16H16N2O2/c17-7-6-11-2-1-3-12(8-11)9-13-4-5-15-14(10-13)18-16(19)20-15/h1-5,8,10H,6-7,9,17H2,(H,18,19). The highest BCUT2D eigenvalue weighted by Gasteiger charge is 2.03. The highest BCUT2D eigenvalue weighted by atomic mass is 16.4. The first-order valence-corrected chi connectivity index (χ1v) is 6.64. The van der Waals surface area contributed by atoms with Gasteiger partial charge in [0.25, 0.3) is 0 Å². The lowest BCUT2D eigenvalue weighted by molar-refractivity contribution is 0.555. The summed E-state index contributed by atoms with van der Waals surface area (Å²) in [6.45, 7) is 0.658. The van der Waals surface area contributed by atoms with E-state index in [0.717, 1.165) is 23.9 Å². The molecule has 0 radical (unpaired) electrons. The first kappa shape index (κ1) is 12.7. The quantitative estimate of drug-likeness (QED) is 0.762. The minimum Gasteiger partial charge on any atom is -0.408 e. The Morgan fingerprint density at radius 2 is 1.85 bits per heavy atom. The number of nitrogens with two attached hydrogens (primary N) is 1. The molecule has 1 aromatic heterocycles. The Labute approximate surface area is 116 Å². The van der Waals surface area contributed by atoms with Crippen LogP contribution < -0.4 is 11.5 Å². The van der Waals surface area contributed by atoms with Gasteiger partial charge in [-0.3, -0.25) is 4.98 Å². The summed E-state index contributed by atoms with van der Waals surface area (Å²) in [6, 6.07) is 14.2. The van der Waals surface area contributed by atoms with Gasteiger partial charge in [-0.2, -0.15) is 0 Å². The molecule has 0 saturated carbocycles. The van der Waals surface area contributed by atoms with Crippen LogP contribution in [0.4, 0.5) is 0 Å². The summed E-state index contributed by atoms with van der Waals surface area (Å²) >= 11 is 0. The third-order valence-electron chi connectivity index (χ3n) is 3.32. The van der Waals surface area contributed by atoms with Gasteiger partial charge < -0.3 is 10.2 Å². The lowest BCUT2D eigenvalue weighted by atomic mass is 10.0. The number of nitrogens with one attached hydrogen (secondary N) is 1. The van der Waals surface area contributed by atoms with Crippen LogP contribution in [-0.2, 0) is 12.8 Å². The van der Waals surface area contributed by atoms with Gasteiger partial charge in [0, 0.05) is 0 Å². The summed E-state index contributed by atoms with van der Waals surface area (Å²) in [5.74, 6) is -0.415. The summed E-state index contributed by atoms with van der Waals surface area (Å²) in [6.07, 6.45) is 1.71. The summed E-state index contributed by atoms with van der Waals surface area (Å²) in [4.78, 5) is 13.8. The number of fused-ring (bicyclic) bond motifs is 1. The molecule has 3 N–H and O–H groups in total. The average molecular weight is 268 g/mol. The van der Waals surface area contributed by atoms with Gasteiger partial charge >= 0.3 is 5.76 Å². The lowest BCUT2D eigenvalue weighted by Gasteiger charge is -2.05. The zero-order valence-corrected chi connectivity index (χ0v) is 11.1. The first-order valence-electron chi connectivity index (χ1n) is 6.64. The van der Waals surface area contributed by atoms with Crippen LogP contribution >= 0.6 is 0 Å². The van der Waals surface area contributed by atoms with E-state index in [1.54, 1.807) is 0 Å². The molecule has 0 atom stereocenters. The van der Waals surface area contributed by atoms with Crippen molar-refractivity contribution in [3.8, 4) is 0 Å². The number of hydrogen-bond acceptors (Lipinski definition) is 3. The predicted molar refractivity (Wildman–Crippen MR) is 78.8 cm³/mol. The van der Waals surface area contributed by atoms with Gasteiger partial charge in [-0.1, -0.05) is 30.3 Å². The monoisotopic (exact) mass is 268 g/mol. The van der Waals surface area contributed by atoms with Crippen LogP contribution in [0.5, 0.6) is 0 Å². The van der Waals surface area contributed by atoms with Crippen LogP contribution in [0.1, 0.15) is 16.7 Å². The van der Waals surface area contributed by atoms with Gasteiger partial charge in [-0.15, -0.1) is 0 Å². The first-order chi connectivity index (χ1) is 9.74. The molecule has 0 amide bonds. The molecule has 0 fully saturated rings. The number of hydrogen-bond donors (Lipinski definition) is 2. The van der Waals surface area contributed by atoms with E-state index in [1.807, 2.05) is 18.2 Å². The fourth-order valence-electron chi connectivity index (χ4n) is 2.41. The number of aromatic nitrogens is 1. The molecule has 0 bridgehead atoms. The van der Waals surface area contributed by atoms with Gasteiger partial charge in [0.1, 0.15) is 0 Å². The molecule has 102 valence electrons. The summed E-state index contributed by atoms with van der Waals surface area (Å²) in [5, 5.41) is 0. The van der Waals surface area contributed by atoms with E-state index in [2.05, 4.69) is 29.2 Å². The van der Waals surface area contributed by atoms with Crippen molar-refractivity contribution >= 4 is 11.1 Å². The van der Waals surface area contributed by atoms with Crippen molar-refractivity contribution in [1.29, 1.82) is 0 Å². The van der Waals surface area contributed by atoms with Gasteiger partial charge in [-0.25, -0.2) is 4.79 Å². The van der Waals surface area contributed by atoms with Crippen LogP contribution in [0.25, 0.3) is 11.1 Å². The minimum atomic E-state index is -0.415. The minimum absolute atomic E-state index is 0.415. The Morgan fingerprint density at radius 1 is 1.05 bits per heavy atom. The zero-order chi connectivity index (χ0) is 13.9. The molecule has 0 aliphatic heterocycles. The molecule has 20 heavy (non-hydrogen) atoms. The van der Waals surface area contributed by atoms with Gasteiger partial charge in [0.2, 0.25) is 0 Å². The summed E-state index contributed by atoms with van der Waals surface area (Å²) in [5.41, 5.74) is 10.5. The van der Waals surface area contributed by atoms with Crippen molar-refractivity contribution in [2.45, 2.75) is 12.8 Å². The number of oxazole rings is 1. The molecule has 4 heteroatoms. The largest absolute Gasteiger partial charge is 0.417 e. The molecule has 3 rings (SSSR count). The van der Waals surface area contributed by atoms with Crippen molar-refractivity contribution in [3.63, 3.8) is 0 Å². The van der Waals surface area contributed by atoms with Gasteiger partial charge in [0.05, 0.1) is 5.52 Å². The number of H-pyrrole nitrogens is 1. The van der Waals surface area contributed by atoms with E-state index >= 15 is 0 Å². The predicted octanol–water partition coefficient (Wildman–Crippen LogP) is 2.21. The smallest absolute Gasteiger partial charge is 0.408 e. The van der Waals surface area contributed by atoms with Crippen molar-refractivity contribution in [2.75, 3.05) is 6.54 Å². The maximum atomic E-state index is 11.1. The van der Waals surface area contributed by atoms with E-state index in [9.17, 15) is 4.79 Å². The Balaban J connectivity index is 1.88. The number of benzene rings is 2. The number of aromatic amines is 1. The maximum Gasteiger partial charge on any atom is 0.417 e. The second kappa shape index (κ2) is 5.35. The molecule has 0 aliphatic rings. The SMILES string of the molecule is NCCc1cccc(Cc2ccc3oc(=O)[nH]c3c2)c1. The molecular weight excluding hydrogens is 252 g/mol. The van der Waals surface area contributed by atoms with Gasteiger partial charge in [0.15, 0.2) is 5.58 Å². The lowest BCUT2D eigenvalue weighted by Crippen LogP contribution is -2.03. The molecule has 3 aromatic rings. The van der Waals surface area contributed by atoms with E-state index in [0.29, 0.717) is 12.1 Å². The van der Waals surface area contributed by atoms with Crippen molar-refractivity contribution in [2.24, 2.45) is 5.73 Å². The third-order valence-corrected chi connectivity index (χ3v) is 3.32. The average Bonchev–Trinajstić information content (AvgIpc) is 2.79. The highest BCUT2D eigenvalue weighted by molar-refractivity contribution is 5.72. The van der Waals surface area contributed by atoms with Crippen LogP contribution in [0, 0.1) is 0 Å². The third kappa shape index (κ3) is 2.65. The van der Waals surface area contributed by atoms with Crippen LogP contribution in [0.15, 0.2) is 51.7 Å². The molecular formula is C16H16N2O2. The van der Waals surface area contributed by atoms with E-state index in [1.165, 1.54) is 11.1 Å². The van der Waals surface area contributed by atoms with Gasteiger partial charge in [-0.05, 0) is 48.2 Å². The Kier molecular flexibility index (Phi) is 3.39. The molecule has 0 spiro atoms. The topological polar surface area (TPSA) is 72.0 Å². The number of rotatable bonds is 4. The Morgan fingerprint density at radius 3 is 2.70 bits per heavy atom. The summed E-state index contributed by atoms with van der Waals surface area (Å²) in [7, 11) is 0. The fraction of sp³-hybridized carbons (Fsp3) is 0.188. The highest BCUT2D eigenvalue weighted by Crippen LogP contribution is 2.16. The molecule has 4 nitrogen and oxygen atoms in total. The molecule has 1 heterocycles. The molecule has 0 aliphatic carbocycles. The Hall–Kier alpha value is -2.33. The molecule has 0 unspecified atom stereocenters. The summed E-state index contributed by atoms with van der Waals surface area (Å²) < 4.78 is 5.00. The fourth-order valence-corrected chi connectivity index (χ4v) is 2.41. The maximum absolute atomic E-state index is 11.1. The van der Waals surface area contributed by atoms with Crippen LogP contribution in [-0.4, -0.2) is 11.5 Å². The Bertz CT molecular complexity index is 786. The van der Waals surface area contributed by atoms with Crippen LogP contribution in [0.3, 0.4) is 0 Å². The zero-order valence-electron chi connectivity index (χ0n) is 11.1. The van der Waals surface area contributed by atoms with E-state index in [4.69, 9.17) is 10.2 Å². The van der Waals surface area contributed by atoms with Crippen molar-refractivity contribution in [1.82, 2.24) is 4.98 Å². The second-order valence-electron chi connectivity index (χ2n) is 4.88. The van der Waals surface area contributed by atoms with Crippen molar-refractivity contribution in [3.05, 3.63) is 69.7 Å². The van der Waals surface area contributed by atoms with E-state index < -0.39 is 5.76 Å². The molecule has 0 saturated heterocycles. The van der Waals surface area contributed by atoms with Crippen LogP contribution in [0.2, 0.25) is 0 Å². The normalized spacial score (nSPS) is 11.1. The van der Waals surface area contributed by atoms with Crippen molar-refractivity contribution < 1.29 is 4.42 Å². The molecule has 2 aromatic carbocycles.